The molecule has 0 aliphatic carbocycles. The first kappa shape index (κ1) is 24.0. The number of nitrogens with one attached hydrogen (secondary N) is 3. The number of aryl methyl sites for hydroxylation is 1. The third-order valence-electron chi connectivity index (χ3n) is 6.22. The molecule has 0 spiro atoms. The number of aromatic amines is 1. The van der Waals surface area contributed by atoms with Crippen molar-refractivity contribution < 1.29 is 8.42 Å². The standard InChI is InChI=1S/C25H30N8O2S/c1-17-6-5-7-19(16-17)28-25-29-21-22(31-25)30-24(32-23(21)33-14-3-2-4-15-33)27-13-12-18-8-10-20(11-9-18)36(26,34)35/h5-11,16H,2-4,12-15H2,1H3,(H2,26,34,35)(H3,27,28,29,30,31,32). The Morgan fingerprint density at radius 3 is 2.53 bits per heavy atom. The molecule has 188 valence electrons. The van der Waals surface area contributed by atoms with E-state index in [1.807, 2.05) is 12.1 Å². The lowest BCUT2D eigenvalue weighted by Crippen LogP contribution is -2.30. The van der Waals surface area contributed by atoms with Crippen LogP contribution in [0, 0.1) is 6.92 Å². The predicted molar refractivity (Wildman–Crippen MR) is 142 cm³/mol. The number of hydrogen-bond donors (Lipinski definition) is 4. The Hall–Kier alpha value is -3.70. The third-order valence-corrected chi connectivity index (χ3v) is 7.15. The number of nitrogens with two attached hydrogens (primary N) is 1. The molecule has 0 bridgehead atoms. The summed E-state index contributed by atoms with van der Waals surface area (Å²) < 4.78 is 22.9. The maximum atomic E-state index is 11.5. The minimum atomic E-state index is -3.70. The molecular weight excluding hydrogens is 476 g/mol. The molecule has 10 nitrogen and oxygen atoms in total. The molecule has 36 heavy (non-hydrogen) atoms. The molecule has 3 heterocycles. The molecule has 1 aliphatic heterocycles. The van der Waals surface area contributed by atoms with Crippen LogP contribution < -0.4 is 20.7 Å². The fourth-order valence-electron chi connectivity index (χ4n) is 4.38. The molecule has 5 rings (SSSR count). The Morgan fingerprint density at radius 2 is 1.81 bits per heavy atom. The van der Waals surface area contributed by atoms with Crippen LogP contribution in [0.2, 0.25) is 0 Å². The number of aromatic nitrogens is 4. The maximum Gasteiger partial charge on any atom is 0.238 e. The summed E-state index contributed by atoms with van der Waals surface area (Å²) >= 11 is 0. The molecule has 0 amide bonds. The van der Waals surface area contributed by atoms with Crippen LogP contribution >= 0.6 is 0 Å². The average Bonchev–Trinajstić information content (AvgIpc) is 3.26. The van der Waals surface area contributed by atoms with Gasteiger partial charge in [0.2, 0.25) is 21.9 Å². The zero-order chi connectivity index (χ0) is 25.1. The van der Waals surface area contributed by atoms with E-state index in [-0.39, 0.29) is 4.90 Å². The molecule has 0 atom stereocenters. The van der Waals surface area contributed by atoms with Gasteiger partial charge in [-0.3, -0.25) is 0 Å². The van der Waals surface area contributed by atoms with Gasteiger partial charge < -0.3 is 20.5 Å². The topological polar surface area (TPSA) is 142 Å². The Morgan fingerprint density at radius 1 is 1.03 bits per heavy atom. The Bertz CT molecular complexity index is 1460. The summed E-state index contributed by atoms with van der Waals surface area (Å²) in [5.41, 5.74) is 4.51. The highest BCUT2D eigenvalue weighted by molar-refractivity contribution is 7.89. The first-order chi connectivity index (χ1) is 17.3. The van der Waals surface area contributed by atoms with Crippen molar-refractivity contribution in [3.05, 3.63) is 59.7 Å². The van der Waals surface area contributed by atoms with Crippen LogP contribution in [0.3, 0.4) is 0 Å². The van der Waals surface area contributed by atoms with Gasteiger partial charge in [-0.05, 0) is 68.0 Å². The van der Waals surface area contributed by atoms with Crippen LogP contribution in [0.4, 0.5) is 23.4 Å². The van der Waals surface area contributed by atoms with Crippen molar-refractivity contribution in [3.8, 4) is 0 Å². The summed E-state index contributed by atoms with van der Waals surface area (Å²) in [7, 11) is -3.70. The third kappa shape index (κ3) is 5.58. The monoisotopic (exact) mass is 506 g/mol. The maximum absolute atomic E-state index is 11.5. The molecular formula is C25H30N8O2S. The minimum Gasteiger partial charge on any atom is -0.355 e. The molecule has 1 aliphatic rings. The quantitative estimate of drug-likeness (QED) is 0.283. The van der Waals surface area contributed by atoms with E-state index < -0.39 is 10.0 Å². The fourth-order valence-corrected chi connectivity index (χ4v) is 4.89. The van der Waals surface area contributed by atoms with Gasteiger partial charge in [-0.25, -0.2) is 13.6 Å². The Balaban J connectivity index is 1.37. The van der Waals surface area contributed by atoms with Gasteiger partial charge in [-0.1, -0.05) is 24.3 Å². The first-order valence-electron chi connectivity index (χ1n) is 12.1. The highest BCUT2D eigenvalue weighted by atomic mass is 32.2. The number of fused-ring (bicyclic) bond motifs is 1. The van der Waals surface area contributed by atoms with Crippen LogP contribution in [0.25, 0.3) is 11.2 Å². The largest absolute Gasteiger partial charge is 0.355 e. The summed E-state index contributed by atoms with van der Waals surface area (Å²) in [4.78, 5) is 20.0. The first-order valence-corrected chi connectivity index (χ1v) is 13.6. The van der Waals surface area contributed by atoms with Crippen molar-refractivity contribution in [1.82, 2.24) is 19.9 Å². The molecule has 1 fully saturated rings. The number of primary sulfonamides is 1. The number of benzene rings is 2. The molecule has 4 aromatic rings. The van der Waals surface area contributed by atoms with Crippen molar-refractivity contribution in [2.24, 2.45) is 5.14 Å². The number of H-pyrrole nitrogens is 1. The molecule has 2 aromatic heterocycles. The van der Waals surface area contributed by atoms with E-state index in [9.17, 15) is 8.42 Å². The number of nitrogens with zero attached hydrogens (tertiary/aromatic N) is 4. The fraction of sp³-hybridized carbons (Fsp3) is 0.320. The summed E-state index contributed by atoms with van der Waals surface area (Å²) in [6, 6.07) is 14.7. The average molecular weight is 507 g/mol. The molecule has 2 aromatic carbocycles. The van der Waals surface area contributed by atoms with E-state index in [1.165, 1.54) is 18.6 Å². The van der Waals surface area contributed by atoms with E-state index >= 15 is 0 Å². The van der Waals surface area contributed by atoms with Gasteiger partial charge in [0.25, 0.3) is 0 Å². The second-order valence-electron chi connectivity index (χ2n) is 9.06. The number of piperidine rings is 1. The molecule has 0 unspecified atom stereocenters. The van der Waals surface area contributed by atoms with Crippen molar-refractivity contribution in [2.45, 2.75) is 37.5 Å². The van der Waals surface area contributed by atoms with Gasteiger partial charge in [0.15, 0.2) is 11.5 Å². The van der Waals surface area contributed by atoms with E-state index in [2.05, 4.69) is 44.6 Å². The van der Waals surface area contributed by atoms with Crippen LogP contribution in [0.15, 0.2) is 53.4 Å². The van der Waals surface area contributed by atoms with E-state index in [4.69, 9.17) is 15.1 Å². The Kier molecular flexibility index (Phi) is 6.75. The smallest absolute Gasteiger partial charge is 0.238 e. The van der Waals surface area contributed by atoms with Crippen molar-refractivity contribution >= 4 is 44.6 Å². The molecule has 0 saturated carbocycles. The lowest BCUT2D eigenvalue weighted by Gasteiger charge is -2.28. The summed E-state index contributed by atoms with van der Waals surface area (Å²) in [6.45, 7) is 4.53. The lowest BCUT2D eigenvalue weighted by atomic mass is 10.1. The van der Waals surface area contributed by atoms with E-state index in [1.54, 1.807) is 12.1 Å². The number of sulfonamides is 1. The summed E-state index contributed by atoms with van der Waals surface area (Å²) in [5.74, 6) is 1.98. The highest BCUT2D eigenvalue weighted by Gasteiger charge is 2.20. The SMILES string of the molecule is Cc1cccc(Nc2nc3nc(NCCc4ccc(S(N)(=O)=O)cc4)nc(N4CCCCC4)c3[nH]2)c1. The van der Waals surface area contributed by atoms with Crippen LogP contribution in [0.5, 0.6) is 0 Å². The molecule has 11 heteroatoms. The number of imidazole rings is 1. The number of anilines is 4. The zero-order valence-electron chi connectivity index (χ0n) is 20.2. The zero-order valence-corrected chi connectivity index (χ0v) is 21.0. The molecule has 5 N–H and O–H groups in total. The van der Waals surface area contributed by atoms with Crippen LogP contribution in [-0.2, 0) is 16.4 Å². The van der Waals surface area contributed by atoms with Crippen LogP contribution in [0.1, 0.15) is 30.4 Å². The van der Waals surface area contributed by atoms with Gasteiger partial charge in [0.1, 0.15) is 5.52 Å². The van der Waals surface area contributed by atoms with Gasteiger partial charge in [-0.15, -0.1) is 0 Å². The van der Waals surface area contributed by atoms with Crippen LogP contribution in [-0.4, -0.2) is 48.0 Å². The lowest BCUT2D eigenvalue weighted by molar-refractivity contribution is 0.574. The van der Waals surface area contributed by atoms with E-state index in [0.29, 0.717) is 30.5 Å². The molecule has 0 radical (unpaired) electrons. The van der Waals surface area contributed by atoms with Gasteiger partial charge in [0.05, 0.1) is 4.90 Å². The van der Waals surface area contributed by atoms with Crippen molar-refractivity contribution in [1.29, 1.82) is 0 Å². The highest BCUT2D eigenvalue weighted by Crippen LogP contribution is 2.28. The second-order valence-corrected chi connectivity index (χ2v) is 10.6. The summed E-state index contributed by atoms with van der Waals surface area (Å²) in [5, 5.41) is 11.8. The van der Waals surface area contributed by atoms with E-state index in [0.717, 1.165) is 54.1 Å². The summed E-state index contributed by atoms with van der Waals surface area (Å²) in [6.07, 6.45) is 4.16. The number of rotatable bonds is 8. The Labute approximate surface area is 210 Å². The second kappa shape index (κ2) is 10.1. The van der Waals surface area contributed by atoms with Gasteiger partial charge in [-0.2, -0.15) is 15.0 Å². The minimum absolute atomic E-state index is 0.104. The van der Waals surface area contributed by atoms with Crippen molar-refractivity contribution in [3.63, 3.8) is 0 Å². The molecule has 1 saturated heterocycles. The van der Waals surface area contributed by atoms with Gasteiger partial charge in [0, 0.05) is 25.3 Å². The van der Waals surface area contributed by atoms with Gasteiger partial charge >= 0.3 is 0 Å². The predicted octanol–water partition coefficient (Wildman–Crippen LogP) is 3.70. The van der Waals surface area contributed by atoms with Crippen molar-refractivity contribution in [2.75, 3.05) is 35.2 Å². The number of hydrogen-bond acceptors (Lipinski definition) is 8. The normalized spacial score (nSPS) is 14.2.